The van der Waals surface area contributed by atoms with Crippen LogP contribution in [-0.2, 0) is 14.8 Å². The molecule has 0 radical (unpaired) electrons. The van der Waals surface area contributed by atoms with Gasteiger partial charge in [-0.25, -0.2) is 8.42 Å². The summed E-state index contributed by atoms with van der Waals surface area (Å²) in [5.41, 5.74) is 1.82. The van der Waals surface area contributed by atoms with Crippen molar-refractivity contribution in [3.8, 4) is 5.75 Å². The zero-order valence-electron chi connectivity index (χ0n) is 17.5. The molecule has 0 bridgehead atoms. The fourth-order valence-corrected chi connectivity index (χ4v) is 4.59. The summed E-state index contributed by atoms with van der Waals surface area (Å²) in [6.45, 7) is 5.43. The Morgan fingerprint density at radius 3 is 2.44 bits per heavy atom. The van der Waals surface area contributed by atoms with E-state index in [4.69, 9.17) is 4.74 Å². The van der Waals surface area contributed by atoms with Gasteiger partial charge in [0.2, 0.25) is 5.91 Å². The normalized spacial score (nSPS) is 10.9. The first kappa shape index (κ1) is 23.6. The molecule has 1 amide bonds. The fraction of sp³-hybridized carbons (Fsp3) is 0.125. The summed E-state index contributed by atoms with van der Waals surface area (Å²) in [7, 11) is -3.97. The second kappa shape index (κ2) is 10.5. The minimum Gasteiger partial charge on any atom is -0.489 e. The zero-order valence-corrected chi connectivity index (χ0v) is 19.9. The van der Waals surface area contributed by atoms with E-state index in [0.717, 1.165) is 14.3 Å². The highest BCUT2D eigenvalue weighted by Gasteiger charge is 2.27. The Bertz CT molecular complexity index is 1190. The molecule has 1 N–H and O–H groups in total. The van der Waals surface area contributed by atoms with E-state index in [1.165, 1.54) is 12.1 Å². The number of aryl methyl sites for hydroxylation is 1. The van der Waals surface area contributed by atoms with E-state index < -0.39 is 22.5 Å². The summed E-state index contributed by atoms with van der Waals surface area (Å²) >= 11 is 3.35. The Morgan fingerprint density at radius 1 is 1.09 bits per heavy atom. The minimum atomic E-state index is -3.97. The van der Waals surface area contributed by atoms with Gasteiger partial charge in [-0.15, -0.1) is 0 Å². The summed E-state index contributed by atoms with van der Waals surface area (Å²) in [6, 6.07) is 20.1. The monoisotopic (exact) mass is 514 g/mol. The number of hydrogen-bond donors (Lipinski definition) is 1. The number of rotatable bonds is 9. The van der Waals surface area contributed by atoms with Crippen LogP contribution in [-0.4, -0.2) is 27.5 Å². The highest BCUT2D eigenvalue weighted by molar-refractivity contribution is 9.10. The summed E-state index contributed by atoms with van der Waals surface area (Å²) < 4.78 is 34.2. The number of sulfonamides is 1. The maximum Gasteiger partial charge on any atom is 0.264 e. The molecule has 166 valence electrons. The number of amides is 1. The number of carbonyl (C=O) groups excluding carboxylic acids is 1. The number of benzene rings is 3. The molecule has 3 rings (SSSR count). The van der Waals surface area contributed by atoms with E-state index in [0.29, 0.717) is 23.7 Å². The van der Waals surface area contributed by atoms with Crippen molar-refractivity contribution in [3.05, 3.63) is 95.5 Å². The van der Waals surface area contributed by atoms with Crippen LogP contribution in [0.4, 0.5) is 11.4 Å². The minimum absolute atomic E-state index is 0.110. The first-order valence-corrected chi connectivity index (χ1v) is 12.0. The van der Waals surface area contributed by atoms with Crippen LogP contribution >= 0.6 is 15.9 Å². The lowest BCUT2D eigenvalue weighted by Gasteiger charge is -2.24. The number of nitrogens with zero attached hydrogens (tertiary/aromatic N) is 1. The average molecular weight is 515 g/mol. The molecule has 0 spiro atoms. The standard InChI is InChI=1S/C24H23BrN2O4S/c1-3-15-31-22-6-4-5-20(16-22)26-24(28)17-27(21-11-9-19(25)10-12-21)32(29,30)23-13-7-18(2)8-14-23/h3-14,16H,1,15,17H2,2H3,(H,26,28). The van der Waals surface area contributed by atoms with Crippen molar-refractivity contribution < 1.29 is 17.9 Å². The number of ether oxygens (including phenoxy) is 1. The molecule has 0 aliphatic heterocycles. The molecular formula is C24H23BrN2O4S. The van der Waals surface area contributed by atoms with Gasteiger partial charge in [-0.1, -0.05) is 52.3 Å². The molecule has 0 atom stereocenters. The number of carbonyl (C=O) groups is 1. The van der Waals surface area contributed by atoms with E-state index in [1.807, 2.05) is 6.92 Å². The quantitative estimate of drug-likeness (QED) is 0.400. The summed E-state index contributed by atoms with van der Waals surface area (Å²) in [5, 5.41) is 2.74. The van der Waals surface area contributed by atoms with E-state index in [2.05, 4.69) is 27.8 Å². The first-order chi connectivity index (χ1) is 15.3. The van der Waals surface area contributed by atoms with Crippen LogP contribution in [0.15, 0.2) is 94.8 Å². The highest BCUT2D eigenvalue weighted by Crippen LogP contribution is 2.26. The Morgan fingerprint density at radius 2 is 1.78 bits per heavy atom. The zero-order chi connectivity index (χ0) is 23.1. The maximum atomic E-state index is 13.4. The Kier molecular flexibility index (Phi) is 7.71. The molecule has 6 nitrogen and oxygen atoms in total. The molecule has 0 saturated heterocycles. The Hall–Kier alpha value is -3.10. The van der Waals surface area contributed by atoms with Gasteiger partial charge in [0.25, 0.3) is 10.0 Å². The van der Waals surface area contributed by atoms with Crippen LogP contribution in [0.25, 0.3) is 0 Å². The fourth-order valence-electron chi connectivity index (χ4n) is 2.91. The molecule has 0 aliphatic carbocycles. The molecule has 0 saturated carbocycles. The van der Waals surface area contributed by atoms with Crippen LogP contribution < -0.4 is 14.4 Å². The molecule has 32 heavy (non-hydrogen) atoms. The predicted octanol–water partition coefficient (Wildman–Crippen LogP) is 5.16. The third-order valence-corrected chi connectivity index (χ3v) is 6.81. The van der Waals surface area contributed by atoms with Crippen molar-refractivity contribution in [1.82, 2.24) is 0 Å². The Balaban J connectivity index is 1.87. The van der Waals surface area contributed by atoms with E-state index in [9.17, 15) is 13.2 Å². The summed E-state index contributed by atoms with van der Waals surface area (Å²) in [4.78, 5) is 12.9. The van der Waals surface area contributed by atoms with Gasteiger partial charge >= 0.3 is 0 Å². The molecule has 0 aliphatic rings. The van der Waals surface area contributed by atoms with Crippen molar-refractivity contribution in [2.75, 3.05) is 22.8 Å². The molecular weight excluding hydrogens is 492 g/mol. The third-order valence-electron chi connectivity index (χ3n) is 4.50. The van der Waals surface area contributed by atoms with E-state index >= 15 is 0 Å². The van der Waals surface area contributed by atoms with Crippen LogP contribution in [0.3, 0.4) is 0 Å². The summed E-state index contributed by atoms with van der Waals surface area (Å²) in [5.74, 6) is 0.0872. The van der Waals surface area contributed by atoms with Crippen LogP contribution in [0, 0.1) is 6.92 Å². The van der Waals surface area contributed by atoms with Gasteiger partial charge in [0.05, 0.1) is 10.6 Å². The molecule has 3 aromatic rings. The number of halogens is 1. The highest BCUT2D eigenvalue weighted by atomic mass is 79.9. The van der Waals surface area contributed by atoms with Crippen molar-refractivity contribution in [3.63, 3.8) is 0 Å². The van der Waals surface area contributed by atoms with Gasteiger partial charge in [0, 0.05) is 16.2 Å². The lowest BCUT2D eigenvalue weighted by atomic mass is 10.2. The van der Waals surface area contributed by atoms with Gasteiger partial charge in [-0.05, 0) is 55.5 Å². The predicted molar refractivity (Wildman–Crippen MR) is 131 cm³/mol. The van der Waals surface area contributed by atoms with Crippen LogP contribution in [0.1, 0.15) is 5.56 Å². The SMILES string of the molecule is C=CCOc1cccc(NC(=O)CN(c2ccc(Br)cc2)S(=O)(=O)c2ccc(C)cc2)c1. The van der Waals surface area contributed by atoms with Crippen molar-refractivity contribution in [1.29, 1.82) is 0 Å². The molecule has 0 fully saturated rings. The van der Waals surface area contributed by atoms with Gasteiger partial charge in [0.1, 0.15) is 18.9 Å². The molecule has 8 heteroatoms. The maximum absolute atomic E-state index is 13.4. The van der Waals surface area contributed by atoms with Gasteiger partial charge in [-0.2, -0.15) is 0 Å². The number of anilines is 2. The summed E-state index contributed by atoms with van der Waals surface area (Å²) in [6.07, 6.45) is 1.62. The lowest BCUT2D eigenvalue weighted by Crippen LogP contribution is -2.38. The van der Waals surface area contributed by atoms with Crippen molar-refractivity contribution >= 4 is 43.2 Å². The lowest BCUT2D eigenvalue weighted by molar-refractivity contribution is -0.114. The molecule has 0 aromatic heterocycles. The topological polar surface area (TPSA) is 75.7 Å². The van der Waals surface area contributed by atoms with Crippen molar-refractivity contribution in [2.45, 2.75) is 11.8 Å². The number of hydrogen-bond acceptors (Lipinski definition) is 4. The van der Waals surface area contributed by atoms with Crippen LogP contribution in [0.5, 0.6) is 5.75 Å². The second-order valence-electron chi connectivity index (χ2n) is 6.98. The van der Waals surface area contributed by atoms with Gasteiger partial charge < -0.3 is 10.1 Å². The largest absolute Gasteiger partial charge is 0.489 e. The van der Waals surface area contributed by atoms with Gasteiger partial charge in [-0.3, -0.25) is 9.10 Å². The average Bonchev–Trinajstić information content (AvgIpc) is 2.77. The van der Waals surface area contributed by atoms with Gasteiger partial charge in [0.15, 0.2) is 0 Å². The third kappa shape index (κ3) is 5.99. The molecule has 3 aromatic carbocycles. The Labute approximate surface area is 196 Å². The van der Waals surface area contributed by atoms with E-state index in [-0.39, 0.29) is 4.90 Å². The van der Waals surface area contributed by atoms with Crippen LogP contribution in [0.2, 0.25) is 0 Å². The number of nitrogens with one attached hydrogen (secondary N) is 1. The second-order valence-corrected chi connectivity index (χ2v) is 9.75. The first-order valence-electron chi connectivity index (χ1n) is 9.78. The smallest absolute Gasteiger partial charge is 0.264 e. The van der Waals surface area contributed by atoms with E-state index in [1.54, 1.807) is 66.7 Å². The van der Waals surface area contributed by atoms with Crippen molar-refractivity contribution in [2.24, 2.45) is 0 Å². The molecule has 0 heterocycles. The molecule has 0 unspecified atom stereocenters.